The Bertz CT molecular complexity index is 1060. The van der Waals surface area contributed by atoms with E-state index in [0.717, 1.165) is 6.07 Å². The lowest BCUT2D eigenvalue weighted by molar-refractivity contribution is 0.413. The number of sulfonamides is 1. The number of ether oxygens (including phenoxy) is 1. The van der Waals surface area contributed by atoms with E-state index in [9.17, 15) is 12.8 Å². The van der Waals surface area contributed by atoms with Gasteiger partial charge in [-0.3, -0.25) is 0 Å². The number of imidazole rings is 1. The number of nitrogens with zero attached hydrogens (tertiary/aromatic N) is 2. The standard InChI is InChI=1S/C19H20FN3O3S/c1-13-7-8-16(20)17(11-13)27(24,25)22-18(19-21-9-10-23(19)2)14-5-4-6-15(12-14)26-3/h4-12,18,22H,1-3H3. The van der Waals surface area contributed by atoms with Gasteiger partial charge in [0.2, 0.25) is 10.0 Å². The first kappa shape index (κ1) is 19.1. The first-order chi connectivity index (χ1) is 12.8. The van der Waals surface area contributed by atoms with Gasteiger partial charge in [0.1, 0.15) is 28.3 Å². The van der Waals surface area contributed by atoms with Crippen molar-refractivity contribution < 1.29 is 17.5 Å². The van der Waals surface area contributed by atoms with Crippen LogP contribution in [0.25, 0.3) is 0 Å². The van der Waals surface area contributed by atoms with E-state index in [4.69, 9.17) is 4.74 Å². The Morgan fingerprint density at radius 2 is 2.00 bits per heavy atom. The van der Waals surface area contributed by atoms with E-state index in [-0.39, 0.29) is 0 Å². The van der Waals surface area contributed by atoms with E-state index < -0.39 is 26.8 Å². The van der Waals surface area contributed by atoms with Gasteiger partial charge in [-0.05, 0) is 42.3 Å². The largest absolute Gasteiger partial charge is 0.497 e. The molecule has 0 aliphatic carbocycles. The van der Waals surface area contributed by atoms with Crippen LogP contribution in [0, 0.1) is 12.7 Å². The van der Waals surface area contributed by atoms with E-state index >= 15 is 0 Å². The van der Waals surface area contributed by atoms with Crippen molar-refractivity contribution in [3.63, 3.8) is 0 Å². The second-order valence-electron chi connectivity index (χ2n) is 6.16. The average Bonchev–Trinajstić information content (AvgIpc) is 3.07. The van der Waals surface area contributed by atoms with Crippen LogP contribution in [0.15, 0.2) is 59.8 Å². The molecule has 0 amide bonds. The summed E-state index contributed by atoms with van der Waals surface area (Å²) in [6, 6.07) is 10.1. The second kappa shape index (κ2) is 7.50. The molecule has 0 saturated carbocycles. The lowest BCUT2D eigenvalue weighted by Crippen LogP contribution is -2.31. The van der Waals surface area contributed by atoms with Gasteiger partial charge in [0, 0.05) is 19.4 Å². The summed E-state index contributed by atoms with van der Waals surface area (Å²) in [7, 11) is -0.852. The fourth-order valence-corrected chi connectivity index (χ4v) is 4.13. The Kier molecular flexibility index (Phi) is 5.29. The molecule has 0 bridgehead atoms. The van der Waals surface area contributed by atoms with E-state index in [2.05, 4.69) is 9.71 Å². The van der Waals surface area contributed by atoms with Crippen LogP contribution >= 0.6 is 0 Å². The number of methoxy groups -OCH3 is 1. The molecule has 0 saturated heterocycles. The molecule has 2 aromatic carbocycles. The minimum Gasteiger partial charge on any atom is -0.497 e. The molecule has 0 aliphatic rings. The molecule has 6 nitrogen and oxygen atoms in total. The monoisotopic (exact) mass is 389 g/mol. The maximum Gasteiger partial charge on any atom is 0.244 e. The minimum absolute atomic E-state index is 0.399. The van der Waals surface area contributed by atoms with Crippen LogP contribution in [0.3, 0.4) is 0 Å². The van der Waals surface area contributed by atoms with Gasteiger partial charge in [-0.2, -0.15) is 4.72 Å². The number of nitrogens with one attached hydrogen (secondary N) is 1. The number of aryl methyl sites for hydroxylation is 2. The quantitative estimate of drug-likeness (QED) is 0.704. The molecular weight excluding hydrogens is 369 g/mol. The normalized spacial score (nSPS) is 12.7. The number of rotatable bonds is 6. The molecule has 0 radical (unpaired) electrons. The van der Waals surface area contributed by atoms with Gasteiger partial charge in [0.15, 0.2) is 0 Å². The Morgan fingerprint density at radius 1 is 1.22 bits per heavy atom. The SMILES string of the molecule is COc1cccc(C(NS(=O)(=O)c2cc(C)ccc2F)c2nccn2C)c1. The van der Waals surface area contributed by atoms with E-state index in [0.29, 0.717) is 22.7 Å². The highest BCUT2D eigenvalue weighted by molar-refractivity contribution is 7.89. The fourth-order valence-electron chi connectivity index (χ4n) is 2.78. The zero-order valence-electron chi connectivity index (χ0n) is 15.2. The van der Waals surface area contributed by atoms with E-state index in [1.807, 2.05) is 0 Å². The summed E-state index contributed by atoms with van der Waals surface area (Å²) in [5.41, 5.74) is 1.27. The lowest BCUT2D eigenvalue weighted by atomic mass is 10.1. The van der Waals surface area contributed by atoms with Crippen LogP contribution in [-0.2, 0) is 17.1 Å². The van der Waals surface area contributed by atoms with Crippen molar-refractivity contribution in [2.24, 2.45) is 7.05 Å². The highest BCUT2D eigenvalue weighted by Gasteiger charge is 2.28. The maximum absolute atomic E-state index is 14.2. The number of hydrogen-bond donors (Lipinski definition) is 1. The summed E-state index contributed by atoms with van der Waals surface area (Å²) < 4.78 is 49.6. The molecule has 1 aromatic heterocycles. The van der Waals surface area contributed by atoms with Gasteiger partial charge in [-0.15, -0.1) is 0 Å². The lowest BCUT2D eigenvalue weighted by Gasteiger charge is -2.20. The number of aromatic nitrogens is 2. The third-order valence-electron chi connectivity index (χ3n) is 4.19. The van der Waals surface area contributed by atoms with Crippen LogP contribution in [0.1, 0.15) is 23.0 Å². The molecule has 1 unspecified atom stereocenters. The summed E-state index contributed by atoms with van der Waals surface area (Å²) in [4.78, 5) is 3.87. The summed E-state index contributed by atoms with van der Waals surface area (Å²) in [6.07, 6.45) is 3.29. The third-order valence-corrected chi connectivity index (χ3v) is 5.63. The Hall–Kier alpha value is -2.71. The van der Waals surface area contributed by atoms with Gasteiger partial charge in [-0.25, -0.2) is 17.8 Å². The molecule has 8 heteroatoms. The Balaban J connectivity index is 2.09. The van der Waals surface area contributed by atoms with Crippen LogP contribution < -0.4 is 9.46 Å². The van der Waals surface area contributed by atoms with Gasteiger partial charge in [0.25, 0.3) is 0 Å². The van der Waals surface area contributed by atoms with Gasteiger partial charge < -0.3 is 9.30 Å². The molecule has 1 atom stereocenters. The Labute approximate surface area is 157 Å². The third kappa shape index (κ3) is 4.01. The van der Waals surface area contributed by atoms with Crippen molar-refractivity contribution in [3.05, 3.63) is 77.6 Å². The summed E-state index contributed by atoms with van der Waals surface area (Å²) >= 11 is 0. The van der Waals surface area contributed by atoms with Crippen LogP contribution in [0.2, 0.25) is 0 Å². The van der Waals surface area contributed by atoms with Crippen molar-refractivity contribution in [2.75, 3.05) is 7.11 Å². The molecule has 142 valence electrons. The van der Waals surface area contributed by atoms with Crippen LogP contribution in [-0.4, -0.2) is 25.1 Å². The first-order valence-electron chi connectivity index (χ1n) is 8.21. The van der Waals surface area contributed by atoms with E-state index in [1.54, 1.807) is 55.2 Å². The molecule has 0 fully saturated rings. The number of benzene rings is 2. The highest BCUT2D eigenvalue weighted by Crippen LogP contribution is 2.27. The fraction of sp³-hybridized carbons (Fsp3) is 0.211. The summed E-state index contributed by atoms with van der Waals surface area (Å²) in [5, 5.41) is 0. The Morgan fingerprint density at radius 3 is 2.67 bits per heavy atom. The number of halogens is 1. The average molecular weight is 389 g/mol. The molecule has 0 aliphatic heterocycles. The van der Waals surface area contributed by atoms with Crippen molar-refractivity contribution in [2.45, 2.75) is 17.9 Å². The van der Waals surface area contributed by atoms with Crippen LogP contribution in [0.4, 0.5) is 4.39 Å². The van der Waals surface area contributed by atoms with E-state index in [1.165, 1.54) is 19.2 Å². The first-order valence-corrected chi connectivity index (χ1v) is 9.70. The molecule has 0 spiro atoms. The number of hydrogen-bond acceptors (Lipinski definition) is 4. The summed E-state index contributed by atoms with van der Waals surface area (Å²) in [5.74, 6) is 0.241. The smallest absolute Gasteiger partial charge is 0.244 e. The molecule has 3 rings (SSSR count). The zero-order chi connectivity index (χ0) is 19.6. The molecular formula is C19H20FN3O3S. The van der Waals surface area contributed by atoms with Crippen molar-refractivity contribution >= 4 is 10.0 Å². The second-order valence-corrected chi connectivity index (χ2v) is 7.84. The molecule has 1 heterocycles. The topological polar surface area (TPSA) is 73.2 Å². The van der Waals surface area contributed by atoms with Crippen LogP contribution in [0.5, 0.6) is 5.75 Å². The van der Waals surface area contributed by atoms with Crippen molar-refractivity contribution in [1.29, 1.82) is 0 Å². The predicted molar refractivity (Wildman–Crippen MR) is 99.5 cm³/mol. The van der Waals surface area contributed by atoms with Gasteiger partial charge in [-0.1, -0.05) is 18.2 Å². The predicted octanol–water partition coefficient (Wildman–Crippen LogP) is 2.94. The minimum atomic E-state index is -4.14. The maximum atomic E-state index is 14.2. The van der Waals surface area contributed by atoms with Crippen molar-refractivity contribution in [3.8, 4) is 5.75 Å². The molecule has 27 heavy (non-hydrogen) atoms. The highest BCUT2D eigenvalue weighted by atomic mass is 32.2. The van der Waals surface area contributed by atoms with Crippen molar-refractivity contribution in [1.82, 2.24) is 14.3 Å². The molecule has 1 N–H and O–H groups in total. The molecule has 3 aromatic rings. The summed E-state index contributed by atoms with van der Waals surface area (Å²) in [6.45, 7) is 1.71. The van der Waals surface area contributed by atoms with Gasteiger partial charge in [0.05, 0.1) is 7.11 Å². The zero-order valence-corrected chi connectivity index (χ0v) is 16.0. The van der Waals surface area contributed by atoms with Gasteiger partial charge >= 0.3 is 0 Å².